The fourth-order valence-corrected chi connectivity index (χ4v) is 9.66. The molecule has 1 aromatic carbocycles. The fourth-order valence-electron chi connectivity index (χ4n) is 9.66. The van der Waals surface area contributed by atoms with Gasteiger partial charge in [-0.3, -0.25) is 24.0 Å². The number of aliphatic hydroxyl groups excluding tert-OH is 2. The molecule has 69 heavy (non-hydrogen) atoms. The normalized spacial score (nSPS) is 35.2. The van der Waals surface area contributed by atoms with E-state index in [2.05, 4.69) is 0 Å². The number of nitrogens with zero attached hydrogens (tertiary/aromatic N) is 2. The number of amides is 1. The molecule has 16 atom stereocenters. The van der Waals surface area contributed by atoms with Crippen molar-refractivity contribution in [2.45, 2.75) is 198 Å². The predicted octanol–water partition coefficient (Wildman–Crippen LogP) is 3.69. The highest BCUT2D eigenvalue weighted by Gasteiger charge is 2.54. The molecule has 4 rings (SSSR count). The van der Waals surface area contributed by atoms with Gasteiger partial charge in [0.05, 0.1) is 36.9 Å². The molecule has 3 heterocycles. The molecule has 0 bridgehead atoms. The number of likely N-dealkylation sites (N-methyl/N-ethyl adjacent to an activating group) is 1. The number of aryl methyl sites for hydroxylation is 1. The van der Waals surface area contributed by atoms with Gasteiger partial charge in [0, 0.05) is 65.6 Å². The number of aldehydes is 1. The van der Waals surface area contributed by atoms with Gasteiger partial charge in [-0.2, -0.15) is 0 Å². The summed E-state index contributed by atoms with van der Waals surface area (Å²) in [4.78, 5) is 81.2. The van der Waals surface area contributed by atoms with Gasteiger partial charge in [0.2, 0.25) is 5.91 Å². The van der Waals surface area contributed by atoms with E-state index in [1.165, 1.54) is 14.0 Å². The van der Waals surface area contributed by atoms with Crippen molar-refractivity contribution < 1.29 is 81.6 Å². The number of β-amino-alcohol motifs (C(OH)–C–C–N with tert-alkyl or cyclic N) is 1. The third-order valence-corrected chi connectivity index (χ3v) is 13.3. The molecule has 0 spiro atoms. The molecule has 0 radical (unpaired) electrons. The number of benzene rings is 1. The lowest BCUT2D eigenvalue weighted by molar-refractivity contribution is -0.344. The number of methoxy groups -OCH3 is 1. The van der Waals surface area contributed by atoms with Crippen molar-refractivity contribution in [3.8, 4) is 0 Å². The van der Waals surface area contributed by atoms with Crippen LogP contribution >= 0.6 is 0 Å². The Kier molecular flexibility index (Phi) is 22.4. The Balaban J connectivity index is 1.69. The molecule has 0 saturated carbocycles. The average molecular weight is 979 g/mol. The first-order valence-corrected chi connectivity index (χ1v) is 24.3. The van der Waals surface area contributed by atoms with E-state index in [1.54, 1.807) is 72.4 Å². The second kappa shape index (κ2) is 26.9. The largest absolute Gasteiger partial charge is 0.462 e. The van der Waals surface area contributed by atoms with Crippen molar-refractivity contribution in [2.75, 3.05) is 34.3 Å². The number of carbonyl (C=O) groups excluding carboxylic acids is 6. The summed E-state index contributed by atoms with van der Waals surface area (Å²) in [6.45, 7) is 13.2. The van der Waals surface area contributed by atoms with Gasteiger partial charge in [-0.1, -0.05) is 51.1 Å². The molecule has 3 aliphatic rings. The SMILES string of the molecule is CCC(=O)O[C@@H]1CC(=O)O[C@H](C)CCN(C(=O)CCc2ccccc2)C[C@H](O)[C@H](C)C[C@H](CC=O)[C@H](O[C@@H]2O[C@H](C)[C@@H](O[C@H]3C[C@@](C)(OC(C)=O)[C@@H](OC(=O)CC)[C@H](C)O3)[C@H](N(C)C)[C@H]2O)[C@H]1OC. The van der Waals surface area contributed by atoms with Gasteiger partial charge >= 0.3 is 23.9 Å². The smallest absolute Gasteiger partial charge is 0.309 e. The summed E-state index contributed by atoms with van der Waals surface area (Å²) in [6.07, 6.45) is -11.8. The summed E-state index contributed by atoms with van der Waals surface area (Å²) < 4.78 is 55.3. The van der Waals surface area contributed by atoms with E-state index in [1.807, 2.05) is 30.3 Å². The Labute approximate surface area is 407 Å². The van der Waals surface area contributed by atoms with Crippen LogP contribution in [0.15, 0.2) is 30.3 Å². The maximum atomic E-state index is 13.8. The summed E-state index contributed by atoms with van der Waals surface area (Å²) in [5.74, 6) is -4.00. The van der Waals surface area contributed by atoms with Crippen molar-refractivity contribution >= 4 is 36.1 Å². The summed E-state index contributed by atoms with van der Waals surface area (Å²) in [5, 5.41) is 24.1. The van der Waals surface area contributed by atoms with Crippen molar-refractivity contribution in [3.63, 3.8) is 0 Å². The average Bonchev–Trinajstić information content (AvgIpc) is 3.28. The molecule has 1 amide bonds. The molecule has 19 nitrogen and oxygen atoms in total. The van der Waals surface area contributed by atoms with Crippen LogP contribution in [0.5, 0.6) is 0 Å². The Morgan fingerprint density at radius 3 is 2.20 bits per heavy atom. The van der Waals surface area contributed by atoms with Crippen molar-refractivity contribution in [3.05, 3.63) is 35.9 Å². The van der Waals surface area contributed by atoms with Gasteiger partial charge in [0.15, 0.2) is 24.3 Å². The number of hydrogen-bond donors (Lipinski definition) is 2. The number of hydrogen-bond acceptors (Lipinski definition) is 18. The summed E-state index contributed by atoms with van der Waals surface area (Å²) >= 11 is 0. The predicted molar refractivity (Wildman–Crippen MR) is 248 cm³/mol. The number of ether oxygens (including phenoxy) is 9. The number of rotatable bonds is 16. The minimum Gasteiger partial charge on any atom is -0.462 e. The maximum Gasteiger partial charge on any atom is 0.309 e. The maximum absolute atomic E-state index is 13.8. The van der Waals surface area contributed by atoms with Gasteiger partial charge < -0.3 is 67.4 Å². The minimum atomic E-state index is -1.47. The molecular formula is C50H78N2O17. The van der Waals surface area contributed by atoms with Gasteiger partial charge in [-0.05, 0) is 72.0 Å². The van der Waals surface area contributed by atoms with Crippen molar-refractivity contribution in [2.24, 2.45) is 11.8 Å². The van der Waals surface area contributed by atoms with Gasteiger partial charge in [0.1, 0.15) is 36.8 Å². The molecule has 19 heteroatoms. The lowest BCUT2D eigenvalue weighted by atomic mass is 9.82. The van der Waals surface area contributed by atoms with Crippen LogP contribution in [-0.4, -0.2) is 176 Å². The molecule has 0 aliphatic carbocycles. The molecule has 3 saturated heterocycles. The fraction of sp³-hybridized carbons (Fsp3) is 0.760. The van der Waals surface area contributed by atoms with Gasteiger partial charge in [-0.25, -0.2) is 0 Å². The Bertz CT molecular complexity index is 1820. The third kappa shape index (κ3) is 16.2. The Morgan fingerprint density at radius 2 is 1.59 bits per heavy atom. The van der Waals surface area contributed by atoms with E-state index in [0.29, 0.717) is 12.7 Å². The van der Waals surface area contributed by atoms with Crippen molar-refractivity contribution in [1.82, 2.24) is 9.80 Å². The quantitative estimate of drug-likeness (QED) is 0.137. The summed E-state index contributed by atoms with van der Waals surface area (Å²) in [7, 11) is 4.81. The highest BCUT2D eigenvalue weighted by Crippen LogP contribution is 2.39. The lowest BCUT2D eigenvalue weighted by Crippen LogP contribution is -2.66. The lowest BCUT2D eigenvalue weighted by Gasteiger charge is -2.50. The second-order valence-electron chi connectivity index (χ2n) is 19.1. The van der Waals surface area contributed by atoms with Crippen LogP contribution in [0.1, 0.15) is 112 Å². The van der Waals surface area contributed by atoms with Gasteiger partial charge in [0.25, 0.3) is 0 Å². The van der Waals surface area contributed by atoms with E-state index in [-0.39, 0.29) is 63.9 Å². The van der Waals surface area contributed by atoms with E-state index >= 15 is 0 Å². The molecule has 2 N–H and O–H groups in total. The zero-order valence-electron chi connectivity index (χ0n) is 42.3. The zero-order chi connectivity index (χ0) is 51.2. The molecule has 390 valence electrons. The molecule has 3 fully saturated rings. The molecule has 3 aliphatic heterocycles. The van der Waals surface area contributed by atoms with Crippen LogP contribution in [0, 0.1) is 11.8 Å². The van der Waals surface area contributed by atoms with Gasteiger partial charge in [-0.15, -0.1) is 0 Å². The number of esters is 4. The number of cyclic esters (lactones) is 1. The highest BCUT2D eigenvalue weighted by molar-refractivity contribution is 5.76. The highest BCUT2D eigenvalue weighted by atomic mass is 16.7. The Morgan fingerprint density at radius 1 is 0.928 bits per heavy atom. The number of aliphatic hydroxyl groups is 2. The van der Waals surface area contributed by atoms with E-state index in [9.17, 15) is 39.0 Å². The first kappa shape index (κ1) is 57.5. The summed E-state index contributed by atoms with van der Waals surface area (Å²) in [6, 6.07) is 8.72. The van der Waals surface area contributed by atoms with E-state index < -0.39 is 127 Å². The van der Waals surface area contributed by atoms with Crippen LogP contribution in [0.3, 0.4) is 0 Å². The van der Waals surface area contributed by atoms with Crippen LogP contribution in [-0.2, 0) is 77.8 Å². The van der Waals surface area contributed by atoms with Crippen LogP contribution in [0.2, 0.25) is 0 Å². The summed E-state index contributed by atoms with van der Waals surface area (Å²) in [5.41, 5.74) is -0.356. The molecule has 0 unspecified atom stereocenters. The molecule has 0 aromatic heterocycles. The van der Waals surface area contributed by atoms with E-state index in [0.717, 1.165) is 5.56 Å². The molecular weight excluding hydrogens is 901 g/mol. The standard InChI is InChI=1S/C50H78N2O17/c1-12-39(57)65-37-26-41(59)62-30(4)21-23-52(38(56)20-19-34-17-15-14-16-18-34)28-36(55)29(3)25-35(22-24-53)46(47(37)61-11)68-49-44(60)43(51(9)10)45(31(5)64-49)67-42-27-50(8,69-33(7)54)48(32(6)63-42)66-40(58)13-2/h14-18,24,29-32,35-37,42-49,55,60H,12-13,19-23,25-28H2,1-11H3/t29-,30-,31-,32+,35+,36+,37-,42+,43-,44-,45-,46+,47+,48+,49+,50-/m1/s1. The van der Waals surface area contributed by atoms with Crippen LogP contribution < -0.4 is 0 Å². The van der Waals surface area contributed by atoms with Crippen LogP contribution in [0.25, 0.3) is 0 Å². The Hall–Kier alpha value is -4.08. The van der Waals surface area contributed by atoms with Crippen LogP contribution in [0.4, 0.5) is 0 Å². The second-order valence-corrected chi connectivity index (χ2v) is 19.1. The van der Waals surface area contributed by atoms with Crippen molar-refractivity contribution in [1.29, 1.82) is 0 Å². The number of carbonyl (C=O) groups is 6. The third-order valence-electron chi connectivity index (χ3n) is 13.3. The molecule has 1 aromatic rings. The topological polar surface area (TPSA) is 232 Å². The first-order valence-electron chi connectivity index (χ1n) is 24.3. The zero-order valence-corrected chi connectivity index (χ0v) is 42.3. The first-order chi connectivity index (χ1) is 32.6. The minimum absolute atomic E-state index is 0.0360. The van der Waals surface area contributed by atoms with E-state index in [4.69, 9.17) is 42.6 Å². The monoisotopic (exact) mass is 979 g/mol.